The number of guanidine groups is 1. The van der Waals surface area contributed by atoms with Gasteiger partial charge >= 0.3 is 0 Å². The molecule has 5 nitrogen and oxygen atoms in total. The first-order valence-electron chi connectivity index (χ1n) is 7.82. The summed E-state index contributed by atoms with van der Waals surface area (Å²) < 4.78 is 12.8. The molecule has 25 heavy (non-hydrogen) atoms. The Kier molecular flexibility index (Phi) is 8.31. The van der Waals surface area contributed by atoms with Crippen LogP contribution in [0, 0.1) is 0 Å². The van der Waals surface area contributed by atoms with Crippen LogP contribution in [-0.4, -0.2) is 38.8 Å². The zero-order chi connectivity index (χ0) is 16.8. The van der Waals surface area contributed by atoms with Gasteiger partial charge in [0.2, 0.25) is 0 Å². The van der Waals surface area contributed by atoms with Crippen LogP contribution >= 0.6 is 51.2 Å². The van der Waals surface area contributed by atoms with E-state index in [9.17, 15) is 0 Å². The van der Waals surface area contributed by atoms with Crippen LogP contribution in [0.5, 0.6) is 11.5 Å². The normalized spacial score (nSPS) is 16.1. The number of nitrogens with one attached hydrogen (secondary N) is 2. The first-order valence-corrected chi connectivity index (χ1v) is 9.43. The molecular weight excluding hydrogens is 517 g/mol. The molecule has 2 N–H and O–H groups in total. The van der Waals surface area contributed by atoms with Crippen molar-refractivity contribution in [2.75, 3.05) is 26.7 Å². The maximum absolute atomic E-state index is 5.93. The Bertz CT molecular complexity index is 711. The lowest BCUT2D eigenvalue weighted by atomic mass is 10.2. The molecule has 1 aliphatic heterocycles. The van der Waals surface area contributed by atoms with E-state index >= 15 is 0 Å². The van der Waals surface area contributed by atoms with Gasteiger partial charge in [0.15, 0.2) is 17.5 Å². The molecule has 2 heterocycles. The van der Waals surface area contributed by atoms with Gasteiger partial charge in [0.1, 0.15) is 12.7 Å². The number of halogens is 2. The molecule has 8 heteroatoms. The Balaban J connectivity index is 0.00000225. The Morgan fingerprint density at radius 1 is 1.24 bits per heavy atom. The van der Waals surface area contributed by atoms with Gasteiger partial charge in [-0.3, -0.25) is 4.99 Å². The van der Waals surface area contributed by atoms with Gasteiger partial charge in [0, 0.05) is 18.5 Å². The number of benzene rings is 1. The average molecular weight is 538 g/mol. The predicted octanol–water partition coefficient (Wildman–Crippen LogP) is 3.68. The second kappa shape index (κ2) is 10.2. The molecule has 0 fully saturated rings. The molecule has 0 spiro atoms. The Hall–Kier alpha value is -1.000. The molecule has 0 bridgehead atoms. The van der Waals surface area contributed by atoms with Gasteiger partial charge in [-0.25, -0.2) is 0 Å². The quantitative estimate of drug-likeness (QED) is 0.347. The van der Waals surface area contributed by atoms with Crippen molar-refractivity contribution in [3.05, 3.63) is 45.1 Å². The van der Waals surface area contributed by atoms with E-state index in [-0.39, 0.29) is 30.1 Å². The number of fused-ring (bicyclic) bond motifs is 1. The number of ether oxygens (including phenoxy) is 2. The molecule has 1 aromatic heterocycles. The summed E-state index contributed by atoms with van der Waals surface area (Å²) in [6.07, 6.45) is 0.930. The van der Waals surface area contributed by atoms with Crippen LogP contribution in [0.3, 0.4) is 0 Å². The Labute approximate surface area is 177 Å². The fraction of sp³-hybridized carbons (Fsp3) is 0.353. The van der Waals surface area contributed by atoms with Gasteiger partial charge in [-0.1, -0.05) is 12.1 Å². The van der Waals surface area contributed by atoms with Crippen LogP contribution in [0.15, 0.2) is 45.2 Å². The van der Waals surface area contributed by atoms with E-state index in [2.05, 4.69) is 43.7 Å². The second-order valence-electron chi connectivity index (χ2n) is 5.33. The molecule has 0 saturated carbocycles. The number of para-hydroxylation sites is 2. The van der Waals surface area contributed by atoms with Gasteiger partial charge in [0.25, 0.3) is 0 Å². The average Bonchev–Trinajstić information content (AvgIpc) is 3.03. The van der Waals surface area contributed by atoms with Crippen LogP contribution in [0.2, 0.25) is 0 Å². The highest BCUT2D eigenvalue weighted by atomic mass is 127. The Morgan fingerprint density at radius 2 is 2.04 bits per heavy atom. The van der Waals surface area contributed by atoms with Gasteiger partial charge in [-0.05, 0) is 46.6 Å². The van der Waals surface area contributed by atoms with Crippen molar-refractivity contribution in [2.45, 2.75) is 12.5 Å². The minimum Gasteiger partial charge on any atom is -0.486 e. The number of nitrogens with zero attached hydrogens (tertiary/aromatic N) is 1. The van der Waals surface area contributed by atoms with E-state index in [1.54, 1.807) is 18.4 Å². The van der Waals surface area contributed by atoms with Gasteiger partial charge in [-0.15, -0.1) is 35.3 Å². The molecule has 0 saturated heterocycles. The monoisotopic (exact) mass is 537 g/mol. The molecule has 1 aromatic carbocycles. The largest absolute Gasteiger partial charge is 0.486 e. The van der Waals surface area contributed by atoms with Crippen LogP contribution < -0.4 is 20.1 Å². The van der Waals surface area contributed by atoms with Crippen molar-refractivity contribution < 1.29 is 9.47 Å². The first kappa shape index (κ1) is 20.3. The molecule has 0 aliphatic carbocycles. The highest BCUT2D eigenvalue weighted by Crippen LogP contribution is 2.30. The molecule has 1 atom stereocenters. The number of aliphatic imine (C=N–C) groups is 1. The van der Waals surface area contributed by atoms with Crippen LogP contribution in [0.1, 0.15) is 4.88 Å². The van der Waals surface area contributed by atoms with E-state index in [1.807, 2.05) is 24.3 Å². The summed E-state index contributed by atoms with van der Waals surface area (Å²) in [6, 6.07) is 11.9. The SMILES string of the molecule is CN=C(NCCc1ccc(Br)s1)NCC1COc2ccccc2O1.I. The number of hydrogen-bond acceptors (Lipinski definition) is 4. The molecular formula is C17H21BrIN3O2S. The standard InChI is InChI=1S/C17H20BrN3O2S.HI/c1-19-17(20-9-8-13-6-7-16(18)24-13)21-10-12-11-22-14-4-2-3-5-15(14)23-12;/h2-7,12H,8-11H2,1H3,(H2,19,20,21);1H. The minimum atomic E-state index is -0.0355. The molecule has 3 rings (SSSR count). The van der Waals surface area contributed by atoms with Crippen molar-refractivity contribution in [1.82, 2.24) is 10.6 Å². The van der Waals surface area contributed by atoms with Gasteiger partial charge in [-0.2, -0.15) is 0 Å². The molecule has 136 valence electrons. The van der Waals surface area contributed by atoms with Crippen LogP contribution in [0.25, 0.3) is 0 Å². The minimum absolute atomic E-state index is 0. The van der Waals surface area contributed by atoms with Crippen LogP contribution in [-0.2, 0) is 6.42 Å². The molecule has 1 aliphatic rings. The molecule has 0 amide bonds. The lowest BCUT2D eigenvalue weighted by Crippen LogP contribution is -2.45. The van der Waals surface area contributed by atoms with Crippen molar-refractivity contribution in [3.8, 4) is 11.5 Å². The van der Waals surface area contributed by atoms with E-state index in [0.29, 0.717) is 13.2 Å². The fourth-order valence-corrected chi connectivity index (χ4v) is 3.87. The second-order valence-corrected chi connectivity index (χ2v) is 7.88. The number of hydrogen-bond donors (Lipinski definition) is 2. The number of thiophene rings is 1. The third-order valence-electron chi connectivity index (χ3n) is 3.58. The van der Waals surface area contributed by atoms with Crippen molar-refractivity contribution in [3.63, 3.8) is 0 Å². The van der Waals surface area contributed by atoms with E-state index in [0.717, 1.165) is 34.2 Å². The topological polar surface area (TPSA) is 54.9 Å². The van der Waals surface area contributed by atoms with E-state index < -0.39 is 0 Å². The van der Waals surface area contributed by atoms with Crippen molar-refractivity contribution in [2.24, 2.45) is 4.99 Å². The fourth-order valence-electron chi connectivity index (χ4n) is 2.39. The third-order valence-corrected chi connectivity index (χ3v) is 5.26. The lowest BCUT2D eigenvalue weighted by molar-refractivity contribution is 0.0936. The summed E-state index contributed by atoms with van der Waals surface area (Å²) in [6.45, 7) is 2.00. The number of rotatable bonds is 5. The van der Waals surface area contributed by atoms with Crippen LogP contribution in [0.4, 0.5) is 0 Å². The molecule has 1 unspecified atom stereocenters. The highest BCUT2D eigenvalue weighted by molar-refractivity contribution is 14.0. The van der Waals surface area contributed by atoms with Crippen molar-refractivity contribution >= 4 is 57.2 Å². The highest BCUT2D eigenvalue weighted by Gasteiger charge is 2.20. The van der Waals surface area contributed by atoms with Gasteiger partial charge in [0.05, 0.1) is 10.3 Å². The Morgan fingerprint density at radius 3 is 2.76 bits per heavy atom. The summed E-state index contributed by atoms with van der Waals surface area (Å²) in [5.41, 5.74) is 0. The zero-order valence-electron chi connectivity index (χ0n) is 13.8. The lowest BCUT2D eigenvalue weighted by Gasteiger charge is -2.27. The summed E-state index contributed by atoms with van der Waals surface area (Å²) in [7, 11) is 1.77. The molecule has 0 radical (unpaired) electrons. The third kappa shape index (κ3) is 6.03. The summed E-state index contributed by atoms with van der Waals surface area (Å²) in [4.78, 5) is 5.58. The smallest absolute Gasteiger partial charge is 0.191 e. The van der Waals surface area contributed by atoms with Crippen molar-refractivity contribution in [1.29, 1.82) is 0 Å². The van der Waals surface area contributed by atoms with E-state index in [4.69, 9.17) is 9.47 Å². The van der Waals surface area contributed by atoms with Gasteiger partial charge < -0.3 is 20.1 Å². The maximum atomic E-state index is 5.93. The zero-order valence-corrected chi connectivity index (χ0v) is 18.6. The summed E-state index contributed by atoms with van der Waals surface area (Å²) in [5.74, 6) is 2.37. The van der Waals surface area contributed by atoms with E-state index in [1.165, 1.54) is 4.88 Å². The first-order chi connectivity index (χ1) is 11.7. The summed E-state index contributed by atoms with van der Waals surface area (Å²) in [5, 5.41) is 6.61. The maximum Gasteiger partial charge on any atom is 0.191 e. The summed E-state index contributed by atoms with van der Waals surface area (Å²) >= 11 is 5.24. The predicted molar refractivity (Wildman–Crippen MR) is 117 cm³/mol. The molecule has 2 aromatic rings.